The van der Waals surface area contributed by atoms with Crippen LogP contribution < -0.4 is 0 Å². The molecule has 0 nitrogen and oxygen atoms in total. The van der Waals surface area contributed by atoms with E-state index in [1.165, 1.54) is 64.2 Å². The quantitative estimate of drug-likeness (QED) is 0.583. The van der Waals surface area contributed by atoms with Crippen molar-refractivity contribution in [3.05, 3.63) is 0 Å². The van der Waals surface area contributed by atoms with E-state index < -0.39 is 0 Å². The van der Waals surface area contributed by atoms with Crippen molar-refractivity contribution < 1.29 is 0 Å². The Morgan fingerprint density at radius 2 is 0.786 bits per heavy atom. The van der Waals surface area contributed by atoms with Gasteiger partial charge < -0.3 is 0 Å². The van der Waals surface area contributed by atoms with Gasteiger partial charge in [-0.3, -0.25) is 0 Å². The van der Waals surface area contributed by atoms with E-state index in [4.69, 9.17) is 0 Å². The Hall–Kier alpha value is 0.960. The van der Waals surface area contributed by atoms with E-state index in [0.29, 0.717) is 8.65 Å². The molecule has 0 bridgehead atoms. The Morgan fingerprint density at radius 3 is 1.07 bits per heavy atom. The highest BCUT2D eigenvalue weighted by Gasteiger charge is 2.48. The van der Waals surface area contributed by atoms with E-state index in [-0.39, 0.29) is 0 Å². The molecule has 2 fully saturated rings. The molecule has 0 spiro atoms. The maximum absolute atomic E-state index is 4.07. The van der Waals surface area contributed by atoms with Crippen molar-refractivity contribution in [2.24, 2.45) is 0 Å². The van der Waals surface area contributed by atoms with Gasteiger partial charge in [0.05, 0.1) is 0 Å². The molecule has 0 aromatic carbocycles. The van der Waals surface area contributed by atoms with Crippen molar-refractivity contribution in [1.29, 1.82) is 0 Å². The molecule has 2 aliphatic carbocycles. The minimum absolute atomic E-state index is 0.415. The highest BCUT2D eigenvalue weighted by atomic mass is 79.9. The minimum atomic E-state index is 0.415. The number of halogens is 2. The van der Waals surface area contributed by atoms with Crippen LogP contribution in [0.5, 0.6) is 0 Å². The summed E-state index contributed by atoms with van der Waals surface area (Å²) in [5, 5.41) is 0. The van der Waals surface area contributed by atoms with Crippen LogP contribution >= 0.6 is 31.9 Å². The maximum Gasteiger partial charge on any atom is 0.0410 e. The highest BCUT2D eigenvalue weighted by Crippen LogP contribution is 2.54. The molecule has 2 saturated carbocycles. The van der Waals surface area contributed by atoms with Gasteiger partial charge in [-0.2, -0.15) is 0 Å². The van der Waals surface area contributed by atoms with Gasteiger partial charge in [0, 0.05) is 8.65 Å². The van der Waals surface area contributed by atoms with Gasteiger partial charge in [0.15, 0.2) is 0 Å². The molecule has 0 aliphatic heterocycles. The van der Waals surface area contributed by atoms with Crippen molar-refractivity contribution in [2.45, 2.75) is 72.9 Å². The molecular weight excluding hydrogens is 304 g/mol. The summed E-state index contributed by atoms with van der Waals surface area (Å²) in [6.45, 7) is 0. The Kier molecular flexibility index (Phi) is 3.64. The number of hydrogen-bond donors (Lipinski definition) is 0. The van der Waals surface area contributed by atoms with Crippen LogP contribution in [0.3, 0.4) is 0 Å². The van der Waals surface area contributed by atoms with Gasteiger partial charge in [-0.1, -0.05) is 70.4 Å². The van der Waals surface area contributed by atoms with Gasteiger partial charge in [0.2, 0.25) is 0 Å². The molecule has 0 atom stereocenters. The first kappa shape index (κ1) is 11.4. The third-order valence-corrected chi connectivity index (χ3v) is 7.73. The second-order valence-electron chi connectivity index (χ2n) is 5.05. The predicted molar refractivity (Wildman–Crippen MR) is 69.5 cm³/mol. The fraction of sp³-hybridized carbons (Fsp3) is 1.00. The molecule has 14 heavy (non-hydrogen) atoms. The van der Waals surface area contributed by atoms with Crippen LogP contribution in [0.2, 0.25) is 0 Å². The molecule has 0 saturated heterocycles. The van der Waals surface area contributed by atoms with E-state index in [2.05, 4.69) is 31.9 Å². The zero-order chi connectivity index (χ0) is 10.1. The van der Waals surface area contributed by atoms with E-state index in [1.807, 2.05) is 0 Å². The van der Waals surface area contributed by atoms with Crippen LogP contribution in [0.15, 0.2) is 0 Å². The Balaban J connectivity index is 2.09. The molecule has 2 heteroatoms. The van der Waals surface area contributed by atoms with Crippen molar-refractivity contribution in [3.8, 4) is 0 Å². The lowest BCUT2D eigenvalue weighted by atomic mass is 9.73. The minimum Gasteiger partial charge on any atom is -0.0838 e. The lowest BCUT2D eigenvalue weighted by Gasteiger charge is -2.48. The van der Waals surface area contributed by atoms with Crippen molar-refractivity contribution in [1.82, 2.24) is 0 Å². The SMILES string of the molecule is BrC1(C2(Br)CCCCC2)CCCCC1. The molecule has 2 aliphatic rings. The van der Waals surface area contributed by atoms with Crippen LogP contribution in [0.25, 0.3) is 0 Å². The summed E-state index contributed by atoms with van der Waals surface area (Å²) < 4.78 is 0.831. The maximum atomic E-state index is 4.07. The number of hydrogen-bond acceptors (Lipinski definition) is 0. The number of rotatable bonds is 1. The summed E-state index contributed by atoms with van der Waals surface area (Å²) in [6, 6.07) is 0. The summed E-state index contributed by atoms with van der Waals surface area (Å²) in [4.78, 5) is 0. The first-order chi connectivity index (χ1) is 6.66. The summed E-state index contributed by atoms with van der Waals surface area (Å²) >= 11 is 8.13. The third kappa shape index (κ3) is 2.07. The van der Waals surface area contributed by atoms with Crippen LogP contribution in [-0.2, 0) is 0 Å². The Labute approximate surface area is 104 Å². The molecule has 82 valence electrons. The fourth-order valence-electron chi connectivity index (χ4n) is 3.12. The molecule has 0 radical (unpaired) electrons. The molecule has 0 amide bonds. The fourth-order valence-corrected chi connectivity index (χ4v) is 5.03. The van der Waals surface area contributed by atoms with Gasteiger partial charge in [0.1, 0.15) is 0 Å². The van der Waals surface area contributed by atoms with Gasteiger partial charge in [-0.25, -0.2) is 0 Å². The van der Waals surface area contributed by atoms with E-state index >= 15 is 0 Å². The molecule has 0 aromatic rings. The first-order valence-corrected chi connectivity index (χ1v) is 7.63. The van der Waals surface area contributed by atoms with Crippen molar-refractivity contribution in [3.63, 3.8) is 0 Å². The highest BCUT2D eigenvalue weighted by molar-refractivity contribution is 9.13. The molecule has 0 unspecified atom stereocenters. The van der Waals surface area contributed by atoms with Gasteiger partial charge >= 0.3 is 0 Å². The molecule has 0 heterocycles. The number of alkyl halides is 2. The third-order valence-electron chi connectivity index (χ3n) is 4.10. The summed E-state index contributed by atoms with van der Waals surface area (Å²) in [7, 11) is 0. The molecular formula is C12H20Br2. The van der Waals surface area contributed by atoms with Crippen molar-refractivity contribution in [2.75, 3.05) is 0 Å². The molecule has 0 N–H and O–H groups in total. The zero-order valence-corrected chi connectivity index (χ0v) is 12.0. The standard InChI is InChI=1S/C12H20Br2/c13-11(7-3-1-4-8-11)12(14)9-5-2-6-10-12/h1-10H2. The lowest BCUT2D eigenvalue weighted by molar-refractivity contribution is 0.271. The van der Waals surface area contributed by atoms with E-state index in [9.17, 15) is 0 Å². The van der Waals surface area contributed by atoms with Crippen LogP contribution in [0.4, 0.5) is 0 Å². The van der Waals surface area contributed by atoms with E-state index in [1.54, 1.807) is 0 Å². The monoisotopic (exact) mass is 322 g/mol. The lowest BCUT2D eigenvalue weighted by Crippen LogP contribution is -2.47. The predicted octanol–water partition coefficient (Wildman–Crippen LogP) is 5.18. The molecule has 0 aromatic heterocycles. The average Bonchev–Trinajstić information content (AvgIpc) is 2.20. The van der Waals surface area contributed by atoms with Gasteiger partial charge in [-0.05, 0) is 25.7 Å². The second kappa shape index (κ2) is 4.45. The van der Waals surface area contributed by atoms with Crippen LogP contribution in [0.1, 0.15) is 64.2 Å². The largest absolute Gasteiger partial charge is 0.0838 e. The first-order valence-electron chi connectivity index (χ1n) is 6.04. The summed E-state index contributed by atoms with van der Waals surface area (Å²) in [5.41, 5.74) is 0. The van der Waals surface area contributed by atoms with Gasteiger partial charge in [-0.15, -0.1) is 0 Å². The van der Waals surface area contributed by atoms with E-state index in [0.717, 1.165) is 0 Å². The normalized spacial score (nSPS) is 31.3. The average molecular weight is 324 g/mol. The topological polar surface area (TPSA) is 0 Å². The zero-order valence-electron chi connectivity index (χ0n) is 8.83. The summed E-state index contributed by atoms with van der Waals surface area (Å²) in [6.07, 6.45) is 14.0. The van der Waals surface area contributed by atoms with Gasteiger partial charge in [0.25, 0.3) is 0 Å². The summed E-state index contributed by atoms with van der Waals surface area (Å²) in [5.74, 6) is 0. The smallest absolute Gasteiger partial charge is 0.0410 e. The van der Waals surface area contributed by atoms with Crippen molar-refractivity contribution >= 4 is 31.9 Å². The molecule has 2 rings (SSSR count). The Morgan fingerprint density at radius 1 is 0.500 bits per heavy atom. The van der Waals surface area contributed by atoms with Crippen LogP contribution in [0, 0.1) is 0 Å². The van der Waals surface area contributed by atoms with Crippen LogP contribution in [-0.4, -0.2) is 8.65 Å². The Bertz CT molecular complexity index is 166. The second-order valence-corrected chi connectivity index (χ2v) is 8.09.